The van der Waals surface area contributed by atoms with Crippen molar-refractivity contribution in [2.75, 3.05) is 46.8 Å². The Morgan fingerprint density at radius 2 is 1.15 bits per heavy atom. The smallest absolute Gasteiger partial charge is 0.413 e. The molecule has 47 heavy (non-hydrogen) atoms. The first kappa shape index (κ1) is 34.1. The minimum atomic E-state index is -1.17. The number of carboxylic acid groups (broad SMARTS) is 1. The third-order valence-corrected chi connectivity index (χ3v) is 8.65. The summed E-state index contributed by atoms with van der Waals surface area (Å²) in [6.07, 6.45) is 0.0884. The molecule has 2 aromatic rings. The van der Waals surface area contributed by atoms with Crippen LogP contribution in [-0.4, -0.2) is 109 Å². The fourth-order valence-electron chi connectivity index (χ4n) is 6.17. The third kappa shape index (κ3) is 7.84. The molecule has 4 fully saturated rings. The van der Waals surface area contributed by atoms with E-state index in [9.17, 15) is 24.3 Å². The summed E-state index contributed by atoms with van der Waals surface area (Å²) >= 11 is 0. The maximum atomic E-state index is 12.7. The van der Waals surface area contributed by atoms with E-state index in [-0.39, 0.29) is 26.4 Å². The molecule has 0 saturated carbocycles. The Hall–Kier alpha value is -4.24. The Labute approximate surface area is 272 Å². The van der Waals surface area contributed by atoms with Gasteiger partial charge < -0.3 is 38.3 Å². The molecule has 14 nitrogen and oxygen atoms in total. The van der Waals surface area contributed by atoms with Crippen LogP contribution in [0.2, 0.25) is 0 Å². The maximum absolute atomic E-state index is 12.7. The standard InChI is InChI=1S/C17H21NO6.C16H19NO6/c1-21-15(19)14-12-24-17(7-9-22-10-8-17)18(14)16(20)23-11-13-5-3-2-4-6-13;18-14(22-10-12-4-2-1-3-5-12)13-11-23-16(17(13)15(19)20)6-8-21-9-7-16/h2-6,14H,7-12H2,1H3;1-5,13H,6-11H2,(H,19,20). The highest BCUT2D eigenvalue weighted by molar-refractivity contribution is 5.83. The van der Waals surface area contributed by atoms with E-state index in [1.807, 2.05) is 60.7 Å². The third-order valence-electron chi connectivity index (χ3n) is 8.65. The highest BCUT2D eigenvalue weighted by Crippen LogP contribution is 2.38. The number of rotatable bonds is 6. The van der Waals surface area contributed by atoms with Gasteiger partial charge in [-0.25, -0.2) is 19.2 Å². The van der Waals surface area contributed by atoms with Crippen molar-refractivity contribution in [1.29, 1.82) is 0 Å². The fourth-order valence-corrected chi connectivity index (χ4v) is 6.17. The number of hydrogen-bond acceptors (Lipinski definition) is 11. The lowest BCUT2D eigenvalue weighted by Crippen LogP contribution is -2.56. The van der Waals surface area contributed by atoms with Crippen molar-refractivity contribution in [2.24, 2.45) is 0 Å². The van der Waals surface area contributed by atoms with Crippen molar-refractivity contribution in [2.45, 2.75) is 62.4 Å². The Morgan fingerprint density at radius 3 is 1.62 bits per heavy atom. The zero-order valence-corrected chi connectivity index (χ0v) is 26.2. The van der Waals surface area contributed by atoms with Crippen molar-refractivity contribution >= 4 is 24.1 Å². The largest absolute Gasteiger partial charge is 0.467 e. The second kappa shape index (κ2) is 15.6. The molecule has 4 saturated heterocycles. The molecule has 0 aliphatic carbocycles. The van der Waals surface area contributed by atoms with Crippen LogP contribution in [0.25, 0.3) is 0 Å². The van der Waals surface area contributed by atoms with Crippen molar-refractivity contribution < 1.29 is 57.4 Å². The van der Waals surface area contributed by atoms with E-state index in [1.165, 1.54) is 12.0 Å². The molecular weight excluding hydrogens is 616 g/mol. The van der Waals surface area contributed by atoms with Gasteiger partial charge in [0.05, 0.1) is 46.8 Å². The van der Waals surface area contributed by atoms with Crippen LogP contribution in [0, 0.1) is 0 Å². The summed E-state index contributed by atoms with van der Waals surface area (Å²) in [6, 6.07) is 16.9. The monoisotopic (exact) mass is 656 g/mol. The summed E-state index contributed by atoms with van der Waals surface area (Å²) in [7, 11) is 1.30. The van der Waals surface area contributed by atoms with Crippen molar-refractivity contribution in [1.82, 2.24) is 9.80 Å². The molecule has 0 radical (unpaired) electrons. The van der Waals surface area contributed by atoms with Crippen LogP contribution in [-0.2, 0) is 56.0 Å². The van der Waals surface area contributed by atoms with Crippen LogP contribution in [0.1, 0.15) is 36.8 Å². The minimum absolute atomic E-state index is 0.0138. The highest BCUT2D eigenvalue weighted by atomic mass is 16.6. The highest BCUT2D eigenvalue weighted by Gasteiger charge is 2.55. The topological polar surface area (TPSA) is 160 Å². The Kier molecular flexibility index (Phi) is 11.3. The summed E-state index contributed by atoms with van der Waals surface area (Å²) < 4.78 is 37.7. The van der Waals surface area contributed by atoms with Crippen LogP contribution >= 0.6 is 0 Å². The summed E-state index contributed by atoms with van der Waals surface area (Å²) in [5, 5.41) is 9.53. The molecule has 4 aliphatic heterocycles. The van der Waals surface area contributed by atoms with E-state index in [4.69, 9.17) is 33.2 Å². The van der Waals surface area contributed by atoms with E-state index >= 15 is 0 Å². The van der Waals surface area contributed by atoms with Gasteiger partial charge in [0.25, 0.3) is 0 Å². The Morgan fingerprint density at radius 1 is 0.702 bits per heavy atom. The molecule has 0 aromatic heterocycles. The molecule has 1 N–H and O–H groups in total. The minimum Gasteiger partial charge on any atom is -0.467 e. The van der Waals surface area contributed by atoms with Crippen molar-refractivity contribution in [3.8, 4) is 0 Å². The van der Waals surface area contributed by atoms with Gasteiger partial charge in [0.1, 0.15) is 13.2 Å². The number of carbonyl (C=O) groups excluding carboxylic acids is 3. The molecule has 2 aromatic carbocycles. The lowest BCUT2D eigenvalue weighted by atomic mass is 10.0. The van der Waals surface area contributed by atoms with E-state index in [2.05, 4.69) is 0 Å². The van der Waals surface area contributed by atoms with Gasteiger partial charge in [-0.1, -0.05) is 60.7 Å². The molecule has 2 unspecified atom stereocenters. The summed E-state index contributed by atoms with van der Waals surface area (Å²) in [5.41, 5.74) is -0.102. The molecule has 2 atom stereocenters. The van der Waals surface area contributed by atoms with Gasteiger partial charge in [0, 0.05) is 25.7 Å². The van der Waals surface area contributed by atoms with Gasteiger partial charge in [-0.15, -0.1) is 0 Å². The van der Waals surface area contributed by atoms with Gasteiger partial charge in [-0.3, -0.25) is 9.80 Å². The zero-order valence-electron chi connectivity index (χ0n) is 26.2. The first-order valence-electron chi connectivity index (χ1n) is 15.5. The summed E-state index contributed by atoms with van der Waals surface area (Å²) in [6.45, 7) is 2.13. The second-order valence-corrected chi connectivity index (χ2v) is 11.4. The number of methoxy groups -OCH3 is 1. The molecule has 4 heterocycles. The van der Waals surface area contributed by atoms with Crippen LogP contribution in [0.4, 0.5) is 9.59 Å². The molecular formula is C33H40N2O12. The lowest BCUT2D eigenvalue weighted by molar-refractivity contribution is -0.155. The predicted molar refractivity (Wildman–Crippen MR) is 162 cm³/mol. The lowest BCUT2D eigenvalue weighted by Gasteiger charge is -2.40. The first-order valence-corrected chi connectivity index (χ1v) is 15.5. The van der Waals surface area contributed by atoms with Gasteiger partial charge in [-0.05, 0) is 11.1 Å². The Balaban J connectivity index is 0.000000185. The number of nitrogens with zero attached hydrogens (tertiary/aromatic N) is 2. The quantitative estimate of drug-likeness (QED) is 0.358. The van der Waals surface area contributed by atoms with Gasteiger partial charge in [0.15, 0.2) is 23.5 Å². The number of esters is 2. The average Bonchev–Trinajstić information content (AvgIpc) is 3.66. The fraction of sp³-hybridized carbons (Fsp3) is 0.515. The number of hydrogen-bond donors (Lipinski definition) is 1. The average molecular weight is 657 g/mol. The van der Waals surface area contributed by atoms with Gasteiger partial charge >= 0.3 is 24.1 Å². The van der Waals surface area contributed by atoms with Gasteiger partial charge in [-0.2, -0.15) is 0 Å². The molecule has 2 spiro atoms. The van der Waals surface area contributed by atoms with Crippen LogP contribution in [0.15, 0.2) is 60.7 Å². The summed E-state index contributed by atoms with van der Waals surface area (Å²) in [5.74, 6) is -1.09. The van der Waals surface area contributed by atoms with E-state index in [0.29, 0.717) is 52.1 Å². The van der Waals surface area contributed by atoms with Crippen LogP contribution in [0.3, 0.4) is 0 Å². The Bertz CT molecular complexity index is 1360. The number of ether oxygens (including phenoxy) is 7. The van der Waals surface area contributed by atoms with Crippen LogP contribution < -0.4 is 0 Å². The molecule has 0 bridgehead atoms. The van der Waals surface area contributed by atoms with Crippen LogP contribution in [0.5, 0.6) is 0 Å². The van der Waals surface area contributed by atoms with Gasteiger partial charge in [0.2, 0.25) is 0 Å². The van der Waals surface area contributed by atoms with E-state index < -0.39 is 47.7 Å². The molecule has 2 amide bonds. The molecule has 14 heteroatoms. The zero-order chi connectivity index (χ0) is 33.3. The number of amides is 2. The first-order chi connectivity index (χ1) is 22.8. The molecule has 254 valence electrons. The second-order valence-electron chi connectivity index (χ2n) is 11.4. The number of carbonyl (C=O) groups is 4. The SMILES string of the molecule is COC(=O)C1COC2(CCOCC2)N1C(=O)OCc1ccccc1.O=C(OCc1ccccc1)C1COC2(CCOCC2)N1C(=O)O. The maximum Gasteiger partial charge on any atom is 0.413 e. The van der Waals surface area contributed by atoms with Crippen molar-refractivity contribution in [3.63, 3.8) is 0 Å². The predicted octanol–water partition coefficient (Wildman–Crippen LogP) is 3.32. The molecule has 6 rings (SSSR count). The normalized spacial score (nSPS) is 22.7. The number of benzene rings is 2. The van der Waals surface area contributed by atoms with E-state index in [1.54, 1.807) is 0 Å². The summed E-state index contributed by atoms with van der Waals surface area (Å²) in [4.78, 5) is 51.2. The molecule has 4 aliphatic rings. The van der Waals surface area contributed by atoms with E-state index in [0.717, 1.165) is 16.0 Å². The van der Waals surface area contributed by atoms with Crippen molar-refractivity contribution in [3.05, 3.63) is 71.8 Å².